The monoisotopic (exact) mass is 1080 g/mol. The first-order valence-electron chi connectivity index (χ1n) is 28.3. The van der Waals surface area contributed by atoms with Crippen LogP contribution >= 0.6 is 0 Å². The Bertz CT molecular complexity index is 4010. The van der Waals surface area contributed by atoms with Crippen LogP contribution in [0.5, 0.6) is 0 Å². The Hall–Kier alpha value is -11.6. The van der Waals surface area contributed by atoms with E-state index in [0.29, 0.717) is 17.5 Å². The summed E-state index contributed by atoms with van der Waals surface area (Å²) >= 11 is 0. The molecule has 3 aliphatic heterocycles. The van der Waals surface area contributed by atoms with Crippen LogP contribution in [-0.4, -0.2) is 15.0 Å². The molecule has 0 bridgehead atoms. The van der Waals surface area contributed by atoms with Crippen molar-refractivity contribution in [3.05, 3.63) is 309 Å². The maximum Gasteiger partial charge on any atom is 0.164 e. The van der Waals surface area contributed by atoms with E-state index in [4.69, 9.17) is 15.0 Å². The van der Waals surface area contributed by atoms with E-state index in [-0.39, 0.29) is 0 Å². The van der Waals surface area contributed by atoms with E-state index in [0.717, 1.165) is 119 Å². The molecule has 0 fully saturated rings. The van der Waals surface area contributed by atoms with Crippen molar-refractivity contribution in [2.24, 2.45) is 0 Å². The number of hydrogen-bond donors (Lipinski definition) is 0. The smallest absolute Gasteiger partial charge is 0.164 e. The van der Waals surface area contributed by atoms with E-state index in [1.807, 2.05) is 0 Å². The van der Waals surface area contributed by atoms with Crippen molar-refractivity contribution in [3.8, 4) is 34.2 Å². The van der Waals surface area contributed by atoms with E-state index < -0.39 is 0 Å². The van der Waals surface area contributed by atoms with Crippen LogP contribution in [0.2, 0.25) is 0 Å². The molecular formula is C75H51N9. The maximum absolute atomic E-state index is 5.47. The molecular weight excluding hydrogens is 1030 g/mol. The van der Waals surface area contributed by atoms with Crippen molar-refractivity contribution in [1.29, 1.82) is 0 Å². The van der Waals surface area contributed by atoms with E-state index in [1.165, 1.54) is 0 Å². The molecule has 16 rings (SSSR count). The number of benzene rings is 12. The van der Waals surface area contributed by atoms with Crippen LogP contribution in [0.1, 0.15) is 0 Å². The highest BCUT2D eigenvalue weighted by atomic mass is 15.3. The maximum atomic E-state index is 5.47. The summed E-state index contributed by atoms with van der Waals surface area (Å²) in [6.07, 6.45) is 0. The Morgan fingerprint density at radius 1 is 0.155 bits per heavy atom. The standard InChI is InChI=1S/C75H51N9/c1-4-28-55(29-5-1)79-61-37-10-16-43-67(61)82(68-44-17-11-38-62(68)79)58-34-22-25-52(49-58)73-76-74(53-26-23-35-59(50-53)83-69-45-18-12-39-63(69)80(56-30-6-2-7-31-56)64-40-13-19-46-70(64)83)78-75(77-73)54-27-24-36-60(51-54)84-71-47-20-14-41-65(71)81(57-32-8-3-9-33-57)66-42-15-21-48-72(66)84/h1-51H. The summed E-state index contributed by atoms with van der Waals surface area (Å²) in [5, 5.41) is 0. The molecule has 0 amide bonds. The summed E-state index contributed by atoms with van der Waals surface area (Å²) in [4.78, 5) is 30.5. The van der Waals surface area contributed by atoms with Crippen molar-refractivity contribution in [2.45, 2.75) is 0 Å². The van der Waals surface area contributed by atoms with Crippen LogP contribution in [0.15, 0.2) is 309 Å². The lowest BCUT2D eigenvalue weighted by Gasteiger charge is -2.40. The van der Waals surface area contributed by atoms with Crippen LogP contribution in [0.4, 0.5) is 102 Å². The molecule has 0 saturated heterocycles. The normalized spacial score (nSPS) is 12.9. The average Bonchev–Trinajstić information content (AvgIpc) is 1.42. The van der Waals surface area contributed by atoms with Crippen molar-refractivity contribution < 1.29 is 0 Å². The molecule has 396 valence electrons. The van der Waals surface area contributed by atoms with Gasteiger partial charge in [-0.2, -0.15) is 0 Å². The predicted octanol–water partition coefficient (Wildman–Crippen LogP) is 20.6. The molecule has 0 spiro atoms. The van der Waals surface area contributed by atoms with Crippen LogP contribution in [-0.2, 0) is 0 Å². The summed E-state index contributed by atoms with van der Waals surface area (Å²) in [6.45, 7) is 0. The van der Waals surface area contributed by atoms with Gasteiger partial charge in [0.25, 0.3) is 0 Å². The molecule has 0 radical (unpaired) electrons. The number of rotatable bonds is 9. The summed E-state index contributed by atoms with van der Waals surface area (Å²) in [7, 11) is 0. The van der Waals surface area contributed by atoms with Crippen LogP contribution in [0.25, 0.3) is 34.2 Å². The first-order valence-corrected chi connectivity index (χ1v) is 28.3. The third-order valence-electron chi connectivity index (χ3n) is 15.9. The minimum Gasteiger partial charge on any atom is -0.306 e. The molecule has 0 atom stereocenters. The Morgan fingerprint density at radius 3 is 0.524 bits per heavy atom. The lowest BCUT2D eigenvalue weighted by molar-refractivity contribution is 1.07. The summed E-state index contributed by atoms with van der Waals surface area (Å²) in [6, 6.07) is 109. The minimum absolute atomic E-state index is 0.552. The Morgan fingerprint density at radius 2 is 0.321 bits per heavy atom. The number of nitrogens with zero attached hydrogens (tertiary/aromatic N) is 9. The van der Waals surface area contributed by atoms with Gasteiger partial charge in [0, 0.05) is 50.8 Å². The van der Waals surface area contributed by atoms with Gasteiger partial charge in [-0.15, -0.1) is 0 Å². The highest BCUT2D eigenvalue weighted by molar-refractivity contribution is 6.05. The van der Waals surface area contributed by atoms with Gasteiger partial charge in [0.1, 0.15) is 0 Å². The second kappa shape index (κ2) is 20.2. The Labute approximate surface area is 487 Å². The fraction of sp³-hybridized carbons (Fsp3) is 0. The molecule has 9 nitrogen and oxygen atoms in total. The zero-order valence-corrected chi connectivity index (χ0v) is 45.5. The predicted molar refractivity (Wildman–Crippen MR) is 345 cm³/mol. The fourth-order valence-corrected chi connectivity index (χ4v) is 12.3. The lowest BCUT2D eigenvalue weighted by atomic mass is 10.0. The van der Waals surface area contributed by atoms with Gasteiger partial charge in [-0.1, -0.05) is 164 Å². The first-order chi connectivity index (χ1) is 41.7. The molecule has 12 aromatic carbocycles. The van der Waals surface area contributed by atoms with Gasteiger partial charge in [-0.05, 0) is 146 Å². The van der Waals surface area contributed by atoms with Gasteiger partial charge in [-0.25, -0.2) is 15.0 Å². The quantitative estimate of drug-likeness (QED) is 0.141. The van der Waals surface area contributed by atoms with Gasteiger partial charge in [-0.3, -0.25) is 0 Å². The van der Waals surface area contributed by atoms with Crippen LogP contribution in [0, 0.1) is 0 Å². The molecule has 13 aromatic rings. The Balaban J connectivity index is 0.855. The number of anilines is 18. The van der Waals surface area contributed by atoms with Crippen molar-refractivity contribution >= 4 is 102 Å². The topological polar surface area (TPSA) is 58.1 Å². The summed E-state index contributed by atoms with van der Waals surface area (Å²) < 4.78 is 0. The zero-order valence-electron chi connectivity index (χ0n) is 45.5. The van der Waals surface area contributed by atoms with E-state index >= 15 is 0 Å². The number of para-hydroxylation sites is 15. The number of fused-ring (bicyclic) bond motifs is 6. The minimum atomic E-state index is 0.552. The number of hydrogen-bond acceptors (Lipinski definition) is 9. The van der Waals surface area contributed by atoms with Gasteiger partial charge in [0.15, 0.2) is 17.5 Å². The molecule has 0 saturated carbocycles. The second-order valence-corrected chi connectivity index (χ2v) is 20.9. The fourth-order valence-electron chi connectivity index (χ4n) is 12.3. The van der Waals surface area contributed by atoms with Gasteiger partial charge in [0.05, 0.1) is 68.2 Å². The van der Waals surface area contributed by atoms with Crippen molar-refractivity contribution in [3.63, 3.8) is 0 Å². The average molecular weight is 1080 g/mol. The third kappa shape index (κ3) is 8.13. The lowest BCUT2D eigenvalue weighted by Crippen LogP contribution is -2.24. The molecule has 3 aliphatic rings. The first kappa shape index (κ1) is 48.4. The van der Waals surface area contributed by atoms with Gasteiger partial charge >= 0.3 is 0 Å². The van der Waals surface area contributed by atoms with Crippen molar-refractivity contribution in [1.82, 2.24) is 15.0 Å². The molecule has 84 heavy (non-hydrogen) atoms. The van der Waals surface area contributed by atoms with Gasteiger partial charge in [0.2, 0.25) is 0 Å². The molecule has 4 heterocycles. The summed E-state index contributed by atoms with van der Waals surface area (Å²) in [5.41, 5.74) is 21.6. The SMILES string of the molecule is c1ccc(N2c3ccccc3N(c3cccc(-c4nc(-c5cccc(N6c7ccccc7N(c7ccccc7)c7ccccc76)c5)nc(-c5cccc(N6c7ccccc7N(c7ccccc7)c7ccccc76)c5)n4)c3)c3ccccc32)cc1. The number of aromatic nitrogens is 3. The van der Waals surface area contributed by atoms with E-state index in [1.54, 1.807) is 0 Å². The van der Waals surface area contributed by atoms with Crippen molar-refractivity contribution in [2.75, 3.05) is 29.4 Å². The third-order valence-corrected chi connectivity index (χ3v) is 15.9. The Kier molecular flexibility index (Phi) is 11.6. The highest BCUT2D eigenvalue weighted by Crippen LogP contribution is 2.57. The molecule has 0 unspecified atom stereocenters. The van der Waals surface area contributed by atoms with Crippen LogP contribution in [0.3, 0.4) is 0 Å². The van der Waals surface area contributed by atoms with E-state index in [9.17, 15) is 0 Å². The zero-order chi connectivity index (χ0) is 55.5. The summed E-state index contributed by atoms with van der Waals surface area (Å²) in [5.74, 6) is 1.66. The largest absolute Gasteiger partial charge is 0.306 e. The molecule has 9 heteroatoms. The van der Waals surface area contributed by atoms with Gasteiger partial charge < -0.3 is 29.4 Å². The van der Waals surface area contributed by atoms with Crippen LogP contribution < -0.4 is 29.4 Å². The second-order valence-electron chi connectivity index (χ2n) is 20.9. The van der Waals surface area contributed by atoms with E-state index in [2.05, 4.69) is 339 Å². The molecule has 0 N–H and O–H groups in total. The highest BCUT2D eigenvalue weighted by Gasteiger charge is 2.34. The molecule has 0 aliphatic carbocycles. The molecule has 1 aromatic heterocycles.